The van der Waals surface area contributed by atoms with E-state index in [1.165, 1.54) is 0 Å². The van der Waals surface area contributed by atoms with Crippen molar-refractivity contribution < 1.29 is 19.0 Å². The van der Waals surface area contributed by atoms with Crippen molar-refractivity contribution >= 4 is 5.91 Å². The normalized spacial score (nSPS) is 10.4. The number of carbonyl (C=O) groups excluding carboxylic acids is 1. The Labute approximate surface area is 97.4 Å². The molecule has 0 atom stereocenters. The van der Waals surface area contributed by atoms with Gasteiger partial charge in [-0.1, -0.05) is 0 Å². The van der Waals surface area contributed by atoms with Gasteiger partial charge in [-0.25, -0.2) is 0 Å². The molecule has 0 aromatic carbocycles. The van der Waals surface area contributed by atoms with Gasteiger partial charge in [-0.15, -0.1) is 0 Å². The molecule has 0 saturated heterocycles. The number of carbonyl (C=O) groups is 1. The van der Waals surface area contributed by atoms with E-state index in [9.17, 15) is 4.79 Å². The Morgan fingerprint density at radius 1 is 1.00 bits per heavy atom. The quantitative estimate of drug-likeness (QED) is 0.530. The van der Waals surface area contributed by atoms with Crippen molar-refractivity contribution in [2.45, 2.75) is 19.3 Å². The molecular formula is C11H23NO4. The Morgan fingerprint density at radius 3 is 2.25 bits per heavy atom. The topological polar surface area (TPSA) is 56.8 Å². The molecule has 0 rings (SSSR count). The van der Waals surface area contributed by atoms with E-state index >= 15 is 0 Å². The Morgan fingerprint density at radius 2 is 1.62 bits per heavy atom. The van der Waals surface area contributed by atoms with Crippen LogP contribution < -0.4 is 5.32 Å². The van der Waals surface area contributed by atoms with Crippen molar-refractivity contribution in [3.63, 3.8) is 0 Å². The smallest absolute Gasteiger partial charge is 0.219 e. The van der Waals surface area contributed by atoms with E-state index in [1.807, 2.05) is 0 Å². The first kappa shape index (κ1) is 15.3. The highest BCUT2D eigenvalue weighted by Crippen LogP contribution is 1.92. The third-order valence-corrected chi connectivity index (χ3v) is 1.98. The molecule has 96 valence electrons. The molecule has 0 radical (unpaired) electrons. The lowest BCUT2D eigenvalue weighted by Gasteiger charge is -2.05. The number of rotatable bonds is 11. The third kappa shape index (κ3) is 11.4. The maximum absolute atomic E-state index is 10.8. The molecule has 0 fully saturated rings. The van der Waals surface area contributed by atoms with Crippen LogP contribution in [0.5, 0.6) is 0 Å². The predicted octanol–water partition coefficient (Wildman–Crippen LogP) is 0.582. The van der Waals surface area contributed by atoms with Crippen molar-refractivity contribution in [3.05, 3.63) is 0 Å². The van der Waals surface area contributed by atoms with Gasteiger partial charge >= 0.3 is 0 Å². The van der Waals surface area contributed by atoms with Crippen LogP contribution in [0.25, 0.3) is 0 Å². The summed E-state index contributed by atoms with van der Waals surface area (Å²) in [5.74, 6) is 0.0616. The molecule has 0 aliphatic carbocycles. The third-order valence-electron chi connectivity index (χ3n) is 1.98. The molecule has 16 heavy (non-hydrogen) atoms. The lowest BCUT2D eigenvalue weighted by Crippen LogP contribution is -2.17. The van der Waals surface area contributed by atoms with Crippen LogP contribution in [-0.4, -0.2) is 53.1 Å². The summed E-state index contributed by atoms with van der Waals surface area (Å²) in [5.41, 5.74) is 0. The molecule has 5 nitrogen and oxygen atoms in total. The van der Waals surface area contributed by atoms with Gasteiger partial charge < -0.3 is 19.5 Å². The SMILES string of the molecule is CNC(=O)CCCOCCCOCCOC. The fourth-order valence-electron chi connectivity index (χ4n) is 1.07. The lowest BCUT2D eigenvalue weighted by molar-refractivity contribution is -0.120. The molecular weight excluding hydrogens is 210 g/mol. The highest BCUT2D eigenvalue weighted by atomic mass is 16.5. The van der Waals surface area contributed by atoms with Gasteiger partial charge in [0.2, 0.25) is 5.91 Å². The van der Waals surface area contributed by atoms with Crippen LogP contribution in [0.2, 0.25) is 0 Å². The Hall–Kier alpha value is -0.650. The lowest BCUT2D eigenvalue weighted by atomic mass is 10.3. The van der Waals surface area contributed by atoms with E-state index in [2.05, 4.69) is 5.32 Å². The first-order chi connectivity index (χ1) is 7.81. The number of methoxy groups -OCH3 is 1. The number of amides is 1. The van der Waals surface area contributed by atoms with Crippen LogP contribution in [0.1, 0.15) is 19.3 Å². The summed E-state index contributed by atoms with van der Waals surface area (Å²) in [5, 5.41) is 2.57. The predicted molar refractivity (Wildman–Crippen MR) is 61.4 cm³/mol. The van der Waals surface area contributed by atoms with Crippen molar-refractivity contribution in [2.24, 2.45) is 0 Å². The van der Waals surface area contributed by atoms with Crippen molar-refractivity contribution in [1.82, 2.24) is 5.32 Å². The van der Waals surface area contributed by atoms with Crippen molar-refractivity contribution in [3.8, 4) is 0 Å². The first-order valence-corrected chi connectivity index (χ1v) is 5.66. The number of ether oxygens (including phenoxy) is 3. The van der Waals surface area contributed by atoms with E-state index in [0.717, 1.165) is 12.8 Å². The zero-order valence-electron chi connectivity index (χ0n) is 10.3. The standard InChI is InChI=1S/C11H23NO4/c1-12-11(13)5-3-6-15-7-4-8-16-10-9-14-2/h3-10H2,1-2H3,(H,12,13). The minimum atomic E-state index is 0.0616. The van der Waals surface area contributed by atoms with Crippen molar-refractivity contribution in [2.75, 3.05) is 47.2 Å². The molecule has 1 N–H and O–H groups in total. The molecule has 0 aliphatic heterocycles. The minimum Gasteiger partial charge on any atom is -0.382 e. The second-order valence-electron chi connectivity index (χ2n) is 3.35. The Kier molecular flexibility index (Phi) is 11.9. The minimum absolute atomic E-state index is 0.0616. The maximum Gasteiger partial charge on any atom is 0.219 e. The van der Waals surface area contributed by atoms with Gasteiger partial charge in [-0.05, 0) is 12.8 Å². The van der Waals surface area contributed by atoms with Gasteiger partial charge in [0.25, 0.3) is 0 Å². The zero-order valence-corrected chi connectivity index (χ0v) is 10.3. The average Bonchev–Trinajstić information content (AvgIpc) is 2.31. The second-order valence-corrected chi connectivity index (χ2v) is 3.35. The van der Waals surface area contributed by atoms with Crippen LogP contribution in [-0.2, 0) is 19.0 Å². The number of hydrogen-bond donors (Lipinski definition) is 1. The molecule has 5 heteroatoms. The van der Waals surface area contributed by atoms with Crippen LogP contribution in [0.15, 0.2) is 0 Å². The molecule has 0 unspecified atom stereocenters. The summed E-state index contributed by atoms with van der Waals surface area (Å²) in [6.07, 6.45) is 2.18. The van der Waals surface area contributed by atoms with Gasteiger partial charge in [0, 0.05) is 40.4 Å². The molecule has 0 bridgehead atoms. The molecule has 0 aromatic rings. The fraction of sp³-hybridized carbons (Fsp3) is 0.909. The van der Waals surface area contributed by atoms with Gasteiger partial charge in [-0.3, -0.25) is 4.79 Å². The number of hydrogen-bond acceptors (Lipinski definition) is 4. The van der Waals surface area contributed by atoms with Crippen LogP contribution in [0, 0.1) is 0 Å². The van der Waals surface area contributed by atoms with Crippen LogP contribution >= 0.6 is 0 Å². The van der Waals surface area contributed by atoms with E-state index in [1.54, 1.807) is 14.2 Å². The van der Waals surface area contributed by atoms with E-state index < -0.39 is 0 Å². The zero-order chi connectivity index (χ0) is 12.1. The largest absolute Gasteiger partial charge is 0.382 e. The fourth-order valence-corrected chi connectivity index (χ4v) is 1.07. The van der Waals surface area contributed by atoms with E-state index in [-0.39, 0.29) is 5.91 Å². The summed E-state index contributed by atoms with van der Waals surface area (Å²) in [6.45, 7) is 3.27. The molecule has 0 spiro atoms. The summed E-state index contributed by atoms with van der Waals surface area (Å²) in [4.78, 5) is 10.8. The van der Waals surface area contributed by atoms with E-state index in [4.69, 9.17) is 14.2 Å². The van der Waals surface area contributed by atoms with Gasteiger partial charge in [0.1, 0.15) is 0 Å². The van der Waals surface area contributed by atoms with Crippen LogP contribution in [0.4, 0.5) is 0 Å². The first-order valence-electron chi connectivity index (χ1n) is 5.66. The van der Waals surface area contributed by atoms with Gasteiger partial charge in [-0.2, -0.15) is 0 Å². The van der Waals surface area contributed by atoms with Gasteiger partial charge in [0.05, 0.1) is 13.2 Å². The van der Waals surface area contributed by atoms with Gasteiger partial charge in [0.15, 0.2) is 0 Å². The number of nitrogens with one attached hydrogen (secondary N) is 1. The summed E-state index contributed by atoms with van der Waals surface area (Å²) in [7, 11) is 3.29. The molecule has 0 heterocycles. The highest BCUT2D eigenvalue weighted by molar-refractivity contribution is 5.75. The second kappa shape index (κ2) is 12.4. The van der Waals surface area contributed by atoms with Crippen molar-refractivity contribution in [1.29, 1.82) is 0 Å². The summed E-state index contributed by atoms with van der Waals surface area (Å²) in [6, 6.07) is 0. The molecule has 0 saturated carbocycles. The molecule has 0 aliphatic rings. The molecule has 0 aromatic heterocycles. The van der Waals surface area contributed by atoms with Crippen LogP contribution in [0.3, 0.4) is 0 Å². The summed E-state index contributed by atoms with van der Waals surface area (Å²) >= 11 is 0. The Bertz CT molecular complexity index is 164. The molecule has 1 amide bonds. The maximum atomic E-state index is 10.8. The Balaban J connectivity index is 2.96. The highest BCUT2D eigenvalue weighted by Gasteiger charge is 1.97. The summed E-state index contributed by atoms with van der Waals surface area (Å²) < 4.78 is 15.5. The monoisotopic (exact) mass is 233 g/mol. The average molecular weight is 233 g/mol. The van der Waals surface area contributed by atoms with E-state index in [0.29, 0.717) is 39.5 Å².